The second kappa shape index (κ2) is 7.53. The van der Waals surface area contributed by atoms with Crippen molar-refractivity contribution >= 4 is 22.5 Å². The molecule has 0 amide bonds. The van der Waals surface area contributed by atoms with E-state index in [1.165, 1.54) is 16.3 Å². The van der Waals surface area contributed by atoms with Gasteiger partial charge < -0.3 is 10.5 Å². The van der Waals surface area contributed by atoms with Gasteiger partial charge in [-0.15, -0.1) is 0 Å². The Labute approximate surface area is 119 Å². The van der Waals surface area contributed by atoms with Gasteiger partial charge in [0.25, 0.3) is 0 Å². The van der Waals surface area contributed by atoms with E-state index in [4.69, 9.17) is 10.5 Å². The van der Waals surface area contributed by atoms with Gasteiger partial charge in [-0.1, -0.05) is 36.4 Å². The first-order valence-corrected chi connectivity index (χ1v) is 7.77. The maximum absolute atomic E-state index is 6.25. The van der Waals surface area contributed by atoms with E-state index in [-0.39, 0.29) is 6.04 Å². The van der Waals surface area contributed by atoms with Crippen LogP contribution < -0.4 is 5.73 Å². The van der Waals surface area contributed by atoms with Crippen molar-refractivity contribution in [2.75, 3.05) is 25.2 Å². The van der Waals surface area contributed by atoms with Crippen LogP contribution in [0.4, 0.5) is 0 Å². The van der Waals surface area contributed by atoms with E-state index in [0.29, 0.717) is 0 Å². The third kappa shape index (κ3) is 4.23. The summed E-state index contributed by atoms with van der Waals surface area (Å²) in [6.45, 7) is 0.832. The van der Waals surface area contributed by atoms with Crippen molar-refractivity contribution in [1.29, 1.82) is 0 Å². The Morgan fingerprint density at radius 2 is 1.95 bits per heavy atom. The summed E-state index contributed by atoms with van der Waals surface area (Å²) in [4.78, 5) is 0. The highest BCUT2D eigenvalue weighted by atomic mass is 32.2. The summed E-state index contributed by atoms with van der Waals surface area (Å²) in [5, 5.41) is 2.53. The molecule has 102 valence electrons. The first kappa shape index (κ1) is 14.4. The molecule has 0 saturated heterocycles. The Bertz CT molecular complexity index is 515. The van der Waals surface area contributed by atoms with Crippen LogP contribution in [0.5, 0.6) is 0 Å². The maximum atomic E-state index is 6.25. The summed E-state index contributed by atoms with van der Waals surface area (Å²) in [6, 6.07) is 15.0. The highest BCUT2D eigenvalue weighted by Gasteiger charge is 2.06. The second-order valence-corrected chi connectivity index (χ2v) is 5.78. The lowest BCUT2D eigenvalue weighted by Crippen LogP contribution is -2.13. The van der Waals surface area contributed by atoms with E-state index in [0.717, 1.165) is 24.5 Å². The predicted octanol–water partition coefficient (Wildman–Crippen LogP) is 3.61. The lowest BCUT2D eigenvalue weighted by atomic mass is 10.0. The first-order chi connectivity index (χ1) is 9.31. The molecule has 2 rings (SSSR count). The SMILES string of the molecule is COCCCSCC(N)c1ccc2ccccc2c1. The van der Waals surface area contributed by atoms with Crippen molar-refractivity contribution in [2.24, 2.45) is 5.73 Å². The van der Waals surface area contributed by atoms with Gasteiger partial charge in [0.05, 0.1) is 0 Å². The molecule has 0 saturated carbocycles. The summed E-state index contributed by atoms with van der Waals surface area (Å²) in [5.41, 5.74) is 7.47. The minimum Gasteiger partial charge on any atom is -0.385 e. The van der Waals surface area contributed by atoms with Gasteiger partial charge in [-0.25, -0.2) is 0 Å². The molecule has 0 aliphatic carbocycles. The molecule has 1 atom stereocenters. The molecule has 2 nitrogen and oxygen atoms in total. The Morgan fingerprint density at radius 3 is 2.74 bits per heavy atom. The summed E-state index contributed by atoms with van der Waals surface area (Å²) in [5.74, 6) is 2.07. The van der Waals surface area contributed by atoms with E-state index in [2.05, 4.69) is 42.5 Å². The lowest BCUT2D eigenvalue weighted by Gasteiger charge is -2.12. The standard InChI is InChI=1S/C16H21NOS/c1-18-9-4-10-19-12-16(17)15-8-7-13-5-2-3-6-14(13)11-15/h2-3,5-8,11,16H,4,9-10,12,17H2,1H3. The van der Waals surface area contributed by atoms with Crippen molar-refractivity contribution < 1.29 is 4.74 Å². The third-order valence-electron chi connectivity index (χ3n) is 3.14. The number of hydrogen-bond acceptors (Lipinski definition) is 3. The van der Waals surface area contributed by atoms with Gasteiger partial charge >= 0.3 is 0 Å². The number of rotatable bonds is 7. The first-order valence-electron chi connectivity index (χ1n) is 6.62. The van der Waals surface area contributed by atoms with E-state index in [1.807, 2.05) is 11.8 Å². The second-order valence-electron chi connectivity index (χ2n) is 4.63. The minimum absolute atomic E-state index is 0.108. The number of thioether (sulfide) groups is 1. The van der Waals surface area contributed by atoms with Gasteiger partial charge in [0.15, 0.2) is 0 Å². The van der Waals surface area contributed by atoms with Crippen molar-refractivity contribution in [3.63, 3.8) is 0 Å². The van der Waals surface area contributed by atoms with Crippen LogP contribution in [-0.4, -0.2) is 25.2 Å². The van der Waals surface area contributed by atoms with Gasteiger partial charge in [0.1, 0.15) is 0 Å². The molecule has 1 unspecified atom stereocenters. The molecule has 2 aromatic carbocycles. The molecule has 0 radical (unpaired) electrons. The number of benzene rings is 2. The molecule has 0 bridgehead atoms. The average molecular weight is 275 g/mol. The fourth-order valence-corrected chi connectivity index (χ4v) is 2.99. The zero-order valence-electron chi connectivity index (χ0n) is 11.3. The molecule has 0 fully saturated rings. The molecular weight excluding hydrogens is 254 g/mol. The summed E-state index contributed by atoms with van der Waals surface area (Å²) in [6.07, 6.45) is 1.09. The topological polar surface area (TPSA) is 35.2 Å². The van der Waals surface area contributed by atoms with Crippen molar-refractivity contribution in [2.45, 2.75) is 12.5 Å². The highest BCUT2D eigenvalue weighted by molar-refractivity contribution is 7.99. The van der Waals surface area contributed by atoms with Crippen LogP contribution >= 0.6 is 11.8 Å². The largest absolute Gasteiger partial charge is 0.385 e. The van der Waals surface area contributed by atoms with Crippen LogP contribution in [0, 0.1) is 0 Å². The van der Waals surface area contributed by atoms with Crippen LogP contribution in [0.25, 0.3) is 10.8 Å². The predicted molar refractivity (Wildman–Crippen MR) is 84.7 cm³/mol. The number of methoxy groups -OCH3 is 1. The highest BCUT2D eigenvalue weighted by Crippen LogP contribution is 2.21. The van der Waals surface area contributed by atoms with Gasteiger partial charge in [0.2, 0.25) is 0 Å². The zero-order valence-corrected chi connectivity index (χ0v) is 12.2. The van der Waals surface area contributed by atoms with Gasteiger partial charge in [-0.05, 0) is 34.6 Å². The fourth-order valence-electron chi connectivity index (χ4n) is 2.05. The fraction of sp³-hybridized carbons (Fsp3) is 0.375. The molecule has 0 aliphatic heterocycles. The molecular formula is C16H21NOS. The minimum atomic E-state index is 0.108. The van der Waals surface area contributed by atoms with E-state index in [9.17, 15) is 0 Å². The van der Waals surface area contributed by atoms with Crippen molar-refractivity contribution in [1.82, 2.24) is 0 Å². The Hall–Kier alpha value is -1.03. The van der Waals surface area contributed by atoms with E-state index < -0.39 is 0 Å². The number of hydrogen-bond donors (Lipinski definition) is 1. The monoisotopic (exact) mass is 275 g/mol. The van der Waals surface area contributed by atoms with Crippen molar-refractivity contribution in [3.05, 3.63) is 48.0 Å². The molecule has 19 heavy (non-hydrogen) atoms. The van der Waals surface area contributed by atoms with E-state index >= 15 is 0 Å². The number of nitrogens with two attached hydrogens (primary N) is 1. The average Bonchev–Trinajstić information content (AvgIpc) is 2.46. The molecule has 0 aromatic heterocycles. The third-order valence-corrected chi connectivity index (χ3v) is 4.31. The number of ether oxygens (including phenoxy) is 1. The summed E-state index contributed by atoms with van der Waals surface area (Å²) in [7, 11) is 1.74. The van der Waals surface area contributed by atoms with Crippen LogP contribution in [0.15, 0.2) is 42.5 Å². The Balaban J connectivity index is 1.91. The van der Waals surface area contributed by atoms with Crippen LogP contribution in [0.3, 0.4) is 0 Å². The quantitative estimate of drug-likeness (QED) is 0.784. The van der Waals surface area contributed by atoms with Crippen molar-refractivity contribution in [3.8, 4) is 0 Å². The lowest BCUT2D eigenvalue weighted by molar-refractivity contribution is 0.200. The maximum Gasteiger partial charge on any atom is 0.0470 e. The zero-order chi connectivity index (χ0) is 13.5. The molecule has 3 heteroatoms. The molecule has 0 spiro atoms. The van der Waals surface area contributed by atoms with Gasteiger partial charge in [-0.2, -0.15) is 11.8 Å². The van der Waals surface area contributed by atoms with Crippen LogP contribution in [0.2, 0.25) is 0 Å². The molecule has 2 aromatic rings. The molecule has 0 heterocycles. The molecule has 0 aliphatic rings. The van der Waals surface area contributed by atoms with Gasteiger partial charge in [-0.3, -0.25) is 0 Å². The van der Waals surface area contributed by atoms with Crippen LogP contribution in [-0.2, 0) is 4.74 Å². The summed E-state index contributed by atoms with van der Waals surface area (Å²) < 4.78 is 5.04. The number of fused-ring (bicyclic) bond motifs is 1. The molecule has 2 N–H and O–H groups in total. The van der Waals surface area contributed by atoms with Gasteiger partial charge in [0, 0.05) is 25.5 Å². The van der Waals surface area contributed by atoms with Crippen LogP contribution in [0.1, 0.15) is 18.0 Å². The Morgan fingerprint density at radius 1 is 1.16 bits per heavy atom. The smallest absolute Gasteiger partial charge is 0.0470 e. The Kier molecular flexibility index (Phi) is 5.70. The normalized spacial score (nSPS) is 12.7. The van der Waals surface area contributed by atoms with E-state index in [1.54, 1.807) is 7.11 Å². The summed E-state index contributed by atoms with van der Waals surface area (Å²) >= 11 is 1.90.